The van der Waals surface area contributed by atoms with Gasteiger partial charge in [0.15, 0.2) is 0 Å². The highest BCUT2D eigenvalue weighted by atomic mass is 32.2. The molecule has 0 spiro atoms. The molecule has 0 fully saturated rings. The summed E-state index contributed by atoms with van der Waals surface area (Å²) >= 11 is 1.78. The van der Waals surface area contributed by atoms with Crippen molar-refractivity contribution in [2.75, 3.05) is 6.26 Å². The highest BCUT2D eigenvalue weighted by Gasteiger charge is 1.98. The fourth-order valence-corrected chi connectivity index (χ4v) is 1.82. The third kappa shape index (κ3) is 1.12. The normalized spacial score (nSPS) is 10.8. The average molecular weight is 177 g/mol. The maximum Gasteiger partial charge on any atom is 0.0490 e. The van der Waals surface area contributed by atoms with Gasteiger partial charge in [-0.05, 0) is 30.9 Å². The zero-order valence-electron chi connectivity index (χ0n) is 7.24. The smallest absolute Gasteiger partial charge is 0.0490 e. The number of fused-ring (bicyclic) bond motifs is 1. The van der Waals surface area contributed by atoms with Gasteiger partial charge in [-0.15, -0.1) is 11.8 Å². The Morgan fingerprint density at radius 3 is 2.92 bits per heavy atom. The van der Waals surface area contributed by atoms with E-state index in [2.05, 4.69) is 48.2 Å². The van der Waals surface area contributed by atoms with Gasteiger partial charge in [0.1, 0.15) is 0 Å². The first-order valence-corrected chi connectivity index (χ1v) is 5.15. The summed E-state index contributed by atoms with van der Waals surface area (Å²) in [5.41, 5.74) is 2.64. The van der Waals surface area contributed by atoms with Crippen molar-refractivity contribution in [3.63, 3.8) is 0 Å². The summed E-state index contributed by atoms with van der Waals surface area (Å²) in [6.07, 6.45) is 6.35. The Hall–Kier alpha value is -0.890. The summed E-state index contributed by atoms with van der Waals surface area (Å²) in [6.45, 7) is 2.14. The molecule has 2 aromatic rings. The molecule has 0 bridgehead atoms. The van der Waals surface area contributed by atoms with Crippen LogP contribution in [0.25, 0.3) is 5.52 Å². The highest BCUT2D eigenvalue weighted by Crippen LogP contribution is 2.20. The van der Waals surface area contributed by atoms with Gasteiger partial charge in [0.25, 0.3) is 0 Å². The summed E-state index contributed by atoms with van der Waals surface area (Å²) in [6, 6.07) is 6.44. The minimum atomic E-state index is 1.31. The van der Waals surface area contributed by atoms with Gasteiger partial charge in [-0.2, -0.15) is 0 Å². The maximum atomic E-state index is 2.22. The first-order chi connectivity index (χ1) is 5.81. The largest absolute Gasteiger partial charge is 0.322 e. The minimum Gasteiger partial charge on any atom is -0.322 e. The van der Waals surface area contributed by atoms with Crippen molar-refractivity contribution in [2.45, 2.75) is 11.8 Å². The lowest BCUT2D eigenvalue weighted by Crippen LogP contribution is -1.81. The second-order valence-electron chi connectivity index (χ2n) is 2.86. The van der Waals surface area contributed by atoms with Gasteiger partial charge >= 0.3 is 0 Å². The van der Waals surface area contributed by atoms with Crippen molar-refractivity contribution < 1.29 is 0 Å². The average Bonchev–Trinajstić information content (AvgIpc) is 2.49. The third-order valence-electron chi connectivity index (χ3n) is 2.06. The number of pyridine rings is 1. The van der Waals surface area contributed by atoms with E-state index in [1.807, 2.05) is 0 Å². The van der Waals surface area contributed by atoms with Gasteiger partial charge in [-0.25, -0.2) is 0 Å². The molecule has 0 aliphatic heterocycles. The zero-order valence-corrected chi connectivity index (χ0v) is 8.06. The molecule has 0 aliphatic rings. The van der Waals surface area contributed by atoms with Crippen molar-refractivity contribution in [1.29, 1.82) is 0 Å². The van der Waals surface area contributed by atoms with Crippen molar-refractivity contribution in [1.82, 2.24) is 4.40 Å². The second-order valence-corrected chi connectivity index (χ2v) is 3.74. The van der Waals surface area contributed by atoms with Crippen LogP contribution in [-0.4, -0.2) is 10.7 Å². The molecule has 0 N–H and O–H groups in total. The van der Waals surface area contributed by atoms with E-state index in [0.717, 1.165) is 0 Å². The number of rotatable bonds is 1. The molecule has 1 nitrogen and oxygen atoms in total. The summed E-state index contributed by atoms with van der Waals surface area (Å²) < 4.78 is 2.17. The number of hydrogen-bond acceptors (Lipinski definition) is 1. The van der Waals surface area contributed by atoms with Gasteiger partial charge in [-0.1, -0.05) is 6.07 Å². The van der Waals surface area contributed by atoms with Gasteiger partial charge < -0.3 is 4.40 Å². The number of thioether (sulfide) groups is 1. The maximum absolute atomic E-state index is 2.22. The zero-order chi connectivity index (χ0) is 8.55. The number of aryl methyl sites for hydroxylation is 1. The summed E-state index contributed by atoms with van der Waals surface area (Å²) in [5, 5.41) is 0. The standard InChI is InChI=1S/C10H11NS/c1-8-4-3-5-11-7-9(12-2)6-10(8)11/h3-7H,1-2H3. The number of nitrogens with zero attached hydrogens (tertiary/aromatic N) is 1. The molecule has 0 saturated heterocycles. The third-order valence-corrected chi connectivity index (χ3v) is 2.75. The van der Waals surface area contributed by atoms with E-state index >= 15 is 0 Å². The molecule has 2 aromatic heterocycles. The quantitative estimate of drug-likeness (QED) is 0.606. The number of aromatic nitrogens is 1. The predicted octanol–water partition coefficient (Wildman–Crippen LogP) is 2.97. The van der Waals surface area contributed by atoms with Crippen LogP contribution in [0, 0.1) is 6.92 Å². The molecule has 2 heterocycles. The molecule has 0 amide bonds. The second kappa shape index (κ2) is 2.87. The van der Waals surface area contributed by atoms with Gasteiger partial charge in [0.05, 0.1) is 0 Å². The van der Waals surface area contributed by atoms with Crippen LogP contribution in [0.15, 0.2) is 35.5 Å². The lowest BCUT2D eigenvalue weighted by molar-refractivity contribution is 1.16. The summed E-state index contributed by atoms with van der Waals surface area (Å²) in [7, 11) is 0. The minimum absolute atomic E-state index is 1.31. The first-order valence-electron chi connectivity index (χ1n) is 3.92. The Morgan fingerprint density at radius 1 is 1.42 bits per heavy atom. The Bertz CT molecular complexity index is 403. The predicted molar refractivity (Wildman–Crippen MR) is 53.9 cm³/mol. The van der Waals surface area contributed by atoms with Crippen LogP contribution in [0.2, 0.25) is 0 Å². The van der Waals surface area contributed by atoms with Crippen LogP contribution in [0.3, 0.4) is 0 Å². The van der Waals surface area contributed by atoms with E-state index in [1.165, 1.54) is 16.0 Å². The SMILES string of the molecule is CSc1cc2c(C)cccn2c1. The summed E-state index contributed by atoms with van der Waals surface area (Å²) in [4.78, 5) is 1.32. The molecule has 12 heavy (non-hydrogen) atoms. The topological polar surface area (TPSA) is 4.41 Å². The van der Waals surface area contributed by atoms with Crippen LogP contribution >= 0.6 is 11.8 Å². The Labute approximate surface area is 76.4 Å². The molecule has 0 unspecified atom stereocenters. The molecule has 0 aliphatic carbocycles. The van der Waals surface area contributed by atoms with E-state index in [-0.39, 0.29) is 0 Å². The number of hydrogen-bond donors (Lipinski definition) is 0. The molecule has 0 radical (unpaired) electrons. The van der Waals surface area contributed by atoms with Crippen molar-refractivity contribution >= 4 is 17.3 Å². The highest BCUT2D eigenvalue weighted by molar-refractivity contribution is 7.98. The van der Waals surface area contributed by atoms with Crippen molar-refractivity contribution in [3.05, 3.63) is 36.2 Å². The molecule has 0 atom stereocenters. The molecule has 2 heteroatoms. The Morgan fingerprint density at radius 2 is 2.25 bits per heavy atom. The molecular formula is C10H11NS. The van der Waals surface area contributed by atoms with E-state index in [0.29, 0.717) is 0 Å². The van der Waals surface area contributed by atoms with Crippen LogP contribution in [0.1, 0.15) is 5.56 Å². The van der Waals surface area contributed by atoms with Crippen molar-refractivity contribution in [3.8, 4) is 0 Å². The van der Waals surface area contributed by atoms with Crippen LogP contribution < -0.4 is 0 Å². The van der Waals surface area contributed by atoms with Gasteiger partial charge in [-0.3, -0.25) is 0 Å². The molecule has 2 rings (SSSR count). The van der Waals surface area contributed by atoms with Gasteiger partial charge in [0, 0.05) is 22.8 Å². The summed E-state index contributed by atoms with van der Waals surface area (Å²) in [5.74, 6) is 0. The van der Waals surface area contributed by atoms with E-state index in [4.69, 9.17) is 0 Å². The molecule has 0 saturated carbocycles. The van der Waals surface area contributed by atoms with E-state index in [1.54, 1.807) is 11.8 Å². The van der Waals surface area contributed by atoms with E-state index < -0.39 is 0 Å². The van der Waals surface area contributed by atoms with Gasteiger partial charge in [0.2, 0.25) is 0 Å². The molecule has 62 valence electrons. The Kier molecular flexibility index (Phi) is 1.85. The lowest BCUT2D eigenvalue weighted by Gasteiger charge is -1.95. The molecular weight excluding hydrogens is 166 g/mol. The van der Waals surface area contributed by atoms with Crippen LogP contribution in [-0.2, 0) is 0 Å². The lowest BCUT2D eigenvalue weighted by atomic mass is 10.2. The molecule has 0 aromatic carbocycles. The van der Waals surface area contributed by atoms with Crippen LogP contribution in [0.5, 0.6) is 0 Å². The Balaban J connectivity index is 2.74. The monoisotopic (exact) mass is 177 g/mol. The van der Waals surface area contributed by atoms with Crippen molar-refractivity contribution in [2.24, 2.45) is 0 Å². The fraction of sp³-hybridized carbons (Fsp3) is 0.200. The van der Waals surface area contributed by atoms with Crippen LogP contribution in [0.4, 0.5) is 0 Å². The first kappa shape index (κ1) is 7.74. The van der Waals surface area contributed by atoms with E-state index in [9.17, 15) is 0 Å². The fourth-order valence-electron chi connectivity index (χ4n) is 1.37.